The van der Waals surface area contributed by atoms with Crippen LogP contribution in [0.1, 0.15) is 38.3 Å². The number of rotatable bonds is 9. The van der Waals surface area contributed by atoms with Gasteiger partial charge < -0.3 is 29.3 Å². The molecule has 4 heterocycles. The Bertz CT molecular complexity index is 1490. The number of unbranched alkanes of at least 4 members (excludes halogenated alkanes) is 1. The van der Waals surface area contributed by atoms with Gasteiger partial charge in [-0.25, -0.2) is 24.7 Å². The van der Waals surface area contributed by atoms with E-state index in [1.54, 1.807) is 24.9 Å². The van der Waals surface area contributed by atoms with Gasteiger partial charge in [-0.3, -0.25) is 0 Å². The first-order valence-electron chi connectivity index (χ1n) is 11.9. The number of benzene rings is 1. The van der Waals surface area contributed by atoms with Crippen LogP contribution >= 0.6 is 0 Å². The molecular weight excluding hydrogens is 460 g/mol. The van der Waals surface area contributed by atoms with Crippen molar-refractivity contribution in [3.63, 3.8) is 0 Å². The number of alkyl carbamates (subject to hydrolysis) is 1. The van der Waals surface area contributed by atoms with Crippen molar-refractivity contribution in [1.29, 1.82) is 0 Å². The number of imidazole rings is 2. The molecule has 186 valence electrons. The summed E-state index contributed by atoms with van der Waals surface area (Å²) in [6.45, 7) is 5.58. The predicted molar refractivity (Wildman–Crippen MR) is 135 cm³/mol. The zero-order valence-electron chi connectivity index (χ0n) is 20.2. The molecule has 0 aliphatic carbocycles. The second-order valence-electron chi connectivity index (χ2n) is 8.82. The summed E-state index contributed by atoms with van der Waals surface area (Å²) in [5, 5.41) is 2.81. The Morgan fingerprint density at radius 3 is 2.86 bits per heavy atom. The van der Waals surface area contributed by atoms with Crippen molar-refractivity contribution in [2.24, 2.45) is 0 Å². The minimum absolute atomic E-state index is 0.312. The summed E-state index contributed by atoms with van der Waals surface area (Å²) >= 11 is 0. The molecule has 0 aliphatic rings. The first-order chi connectivity index (χ1) is 17.5. The average molecular weight is 489 g/mol. The van der Waals surface area contributed by atoms with Crippen LogP contribution in [0, 0.1) is 0 Å². The predicted octanol–water partition coefficient (Wildman–Crippen LogP) is 4.31. The van der Waals surface area contributed by atoms with Crippen molar-refractivity contribution in [1.82, 2.24) is 34.4 Å². The number of aromatic nitrogens is 6. The van der Waals surface area contributed by atoms with Crippen LogP contribution in [-0.4, -0.2) is 41.8 Å². The zero-order chi connectivity index (χ0) is 25.1. The van der Waals surface area contributed by atoms with E-state index in [-0.39, 0.29) is 0 Å². The van der Waals surface area contributed by atoms with Gasteiger partial charge in [0.15, 0.2) is 17.3 Å². The van der Waals surface area contributed by atoms with E-state index < -0.39 is 6.09 Å². The lowest BCUT2D eigenvalue weighted by Gasteiger charge is -2.10. The van der Waals surface area contributed by atoms with Gasteiger partial charge in [0.05, 0.1) is 42.1 Å². The van der Waals surface area contributed by atoms with Gasteiger partial charge in [0.1, 0.15) is 11.8 Å². The van der Waals surface area contributed by atoms with E-state index in [0.717, 1.165) is 28.6 Å². The van der Waals surface area contributed by atoms with Gasteiger partial charge in [-0.2, -0.15) is 0 Å². The molecule has 0 saturated carbocycles. The highest BCUT2D eigenvalue weighted by Crippen LogP contribution is 2.23. The lowest BCUT2D eigenvalue weighted by atomic mass is 10.2. The summed E-state index contributed by atoms with van der Waals surface area (Å²) in [5.74, 6) is 0.811. The van der Waals surface area contributed by atoms with E-state index in [0.29, 0.717) is 55.0 Å². The molecule has 0 radical (unpaired) electrons. The van der Waals surface area contributed by atoms with Gasteiger partial charge in [-0.1, -0.05) is 6.07 Å². The number of hydrogen-bond donors (Lipinski definition) is 2. The highest BCUT2D eigenvalue weighted by molar-refractivity contribution is 5.83. The molecule has 0 atom stereocenters. The first-order valence-corrected chi connectivity index (χ1v) is 11.9. The number of aryl methyl sites for hydroxylation is 1. The molecule has 0 bridgehead atoms. The second-order valence-corrected chi connectivity index (χ2v) is 8.82. The van der Waals surface area contributed by atoms with Crippen LogP contribution in [-0.2, 0) is 17.8 Å². The lowest BCUT2D eigenvalue weighted by molar-refractivity contribution is 0.143. The normalized spacial score (nSPS) is 11.5. The number of anilines is 1. The maximum Gasteiger partial charge on any atom is 0.407 e. The Morgan fingerprint density at radius 1 is 1.17 bits per heavy atom. The molecule has 4 aromatic heterocycles. The first kappa shape index (κ1) is 23.3. The molecule has 0 unspecified atom stereocenters. The van der Waals surface area contributed by atoms with E-state index in [1.807, 2.05) is 29.1 Å². The number of carbonyl (C=O) groups excluding carboxylic acids is 1. The number of amides is 1. The molecule has 0 spiro atoms. The fourth-order valence-corrected chi connectivity index (χ4v) is 4.02. The second kappa shape index (κ2) is 10.1. The highest BCUT2D eigenvalue weighted by atomic mass is 16.5. The third kappa shape index (κ3) is 4.85. The van der Waals surface area contributed by atoms with Gasteiger partial charge in [-0.05, 0) is 50.5 Å². The molecule has 0 aliphatic heterocycles. The number of ether oxygens (including phenoxy) is 1. The van der Waals surface area contributed by atoms with Crippen molar-refractivity contribution >= 4 is 34.1 Å². The van der Waals surface area contributed by atoms with Crippen molar-refractivity contribution in [3.05, 3.63) is 55.0 Å². The van der Waals surface area contributed by atoms with Crippen LogP contribution in [0.25, 0.3) is 33.6 Å². The lowest BCUT2D eigenvalue weighted by Crippen LogP contribution is -2.24. The van der Waals surface area contributed by atoms with Gasteiger partial charge in [0.2, 0.25) is 0 Å². The number of nitrogens with two attached hydrogens (primary N) is 1. The summed E-state index contributed by atoms with van der Waals surface area (Å²) < 4.78 is 14.5. The topological polar surface area (TPSA) is 139 Å². The van der Waals surface area contributed by atoms with Crippen LogP contribution in [0.3, 0.4) is 0 Å². The molecule has 5 aromatic rings. The molecule has 11 nitrogen and oxygen atoms in total. The van der Waals surface area contributed by atoms with Gasteiger partial charge >= 0.3 is 6.09 Å². The number of hydrogen-bond acceptors (Lipinski definition) is 8. The van der Waals surface area contributed by atoms with E-state index >= 15 is 0 Å². The minimum atomic E-state index is -0.439. The maximum absolute atomic E-state index is 12.2. The van der Waals surface area contributed by atoms with Crippen LogP contribution in [0.4, 0.5) is 10.6 Å². The number of nitrogen functional groups attached to an aromatic ring is 1. The van der Waals surface area contributed by atoms with Crippen molar-refractivity contribution in [3.8, 4) is 11.4 Å². The van der Waals surface area contributed by atoms with Crippen molar-refractivity contribution in [2.75, 3.05) is 12.3 Å². The molecule has 1 aromatic carbocycles. The van der Waals surface area contributed by atoms with Crippen LogP contribution in [0.5, 0.6) is 0 Å². The summed E-state index contributed by atoms with van der Waals surface area (Å²) in [5.41, 5.74) is 11.0. The third-order valence-electron chi connectivity index (χ3n) is 5.93. The number of furan rings is 1. The summed E-state index contributed by atoms with van der Waals surface area (Å²) in [6.07, 6.45) is 7.71. The summed E-state index contributed by atoms with van der Waals surface area (Å²) in [6, 6.07) is 8.07. The van der Waals surface area contributed by atoms with E-state index in [1.165, 1.54) is 0 Å². The van der Waals surface area contributed by atoms with Crippen LogP contribution in [0.2, 0.25) is 0 Å². The smallest absolute Gasteiger partial charge is 0.407 e. The van der Waals surface area contributed by atoms with Crippen LogP contribution < -0.4 is 11.1 Å². The van der Waals surface area contributed by atoms with E-state index in [9.17, 15) is 4.79 Å². The molecule has 0 fully saturated rings. The number of nitrogens with zero attached hydrogens (tertiary/aromatic N) is 6. The maximum atomic E-state index is 12.2. The van der Waals surface area contributed by atoms with E-state index in [4.69, 9.17) is 14.9 Å². The van der Waals surface area contributed by atoms with Gasteiger partial charge in [0, 0.05) is 19.1 Å². The summed E-state index contributed by atoms with van der Waals surface area (Å²) in [7, 11) is 0. The minimum Gasteiger partial charge on any atom is -0.472 e. The SMILES string of the molecule is CC(C)n1cnc2ccc(CNC(=O)OCCCCn3cnc4c(N)nc(-c5ccoc5)nc43)cc21. The Kier molecular flexibility index (Phi) is 6.52. The van der Waals surface area contributed by atoms with Crippen molar-refractivity contribution in [2.45, 2.75) is 45.8 Å². The fraction of sp³-hybridized carbons (Fsp3) is 0.320. The Morgan fingerprint density at radius 2 is 2.06 bits per heavy atom. The average Bonchev–Trinajstić information content (AvgIpc) is 3.62. The zero-order valence-corrected chi connectivity index (χ0v) is 20.2. The molecule has 5 rings (SSSR count). The van der Waals surface area contributed by atoms with Crippen LogP contribution in [0.15, 0.2) is 53.9 Å². The van der Waals surface area contributed by atoms with Gasteiger partial charge in [0.25, 0.3) is 0 Å². The largest absolute Gasteiger partial charge is 0.472 e. The molecule has 3 N–H and O–H groups in total. The molecule has 1 amide bonds. The monoisotopic (exact) mass is 488 g/mol. The fourth-order valence-electron chi connectivity index (χ4n) is 4.02. The Balaban J connectivity index is 1.10. The number of carbonyl (C=O) groups is 1. The molecule has 11 heteroatoms. The molecule has 0 saturated heterocycles. The van der Waals surface area contributed by atoms with Crippen molar-refractivity contribution < 1.29 is 13.9 Å². The van der Waals surface area contributed by atoms with Gasteiger partial charge in [-0.15, -0.1) is 0 Å². The number of fused-ring (bicyclic) bond motifs is 2. The third-order valence-corrected chi connectivity index (χ3v) is 5.93. The summed E-state index contributed by atoms with van der Waals surface area (Å²) in [4.78, 5) is 29.8. The Hall–Kier alpha value is -4.41. The highest BCUT2D eigenvalue weighted by Gasteiger charge is 2.13. The quantitative estimate of drug-likeness (QED) is 0.293. The standard InChI is InChI=1S/C25H28N8O3/c1-16(2)33-15-28-19-6-5-17(11-20(19)33)12-27-25(34)36-9-4-3-8-32-14-29-21-22(26)30-23(31-24(21)32)18-7-10-35-13-18/h5-7,10-11,13-16H,3-4,8-9,12H2,1-2H3,(H,27,34)(H2,26,30,31). The molecular formula is C25H28N8O3. The Labute approximate surface area is 207 Å². The number of nitrogens with one attached hydrogen (secondary N) is 1. The van der Waals surface area contributed by atoms with E-state index in [2.05, 4.69) is 43.7 Å². The molecule has 36 heavy (non-hydrogen) atoms.